The molecule has 0 radical (unpaired) electrons. The Morgan fingerprint density at radius 1 is 1.19 bits per heavy atom. The normalized spacial score (nSPS) is 10.4. The van der Waals surface area contributed by atoms with Crippen molar-refractivity contribution < 1.29 is 19.4 Å². The fourth-order valence-corrected chi connectivity index (χ4v) is 3.28. The number of aliphatic carboxylic acids is 1. The predicted octanol–water partition coefficient (Wildman–Crippen LogP) is 4.95. The summed E-state index contributed by atoms with van der Waals surface area (Å²) in [6, 6.07) is 12.2. The van der Waals surface area contributed by atoms with E-state index in [-0.39, 0.29) is 12.3 Å². The molecule has 0 spiro atoms. The van der Waals surface area contributed by atoms with Gasteiger partial charge in [0, 0.05) is 22.0 Å². The Hall–Kier alpha value is -2.18. The second kappa shape index (κ2) is 10.1. The molecular weight excluding hydrogens is 374 g/mol. The Labute approximate surface area is 161 Å². The first-order chi connectivity index (χ1) is 12.5. The molecule has 0 saturated carbocycles. The first-order valence-corrected chi connectivity index (χ1v) is 9.54. The van der Waals surface area contributed by atoms with Crippen molar-refractivity contribution in [1.29, 1.82) is 0 Å². The monoisotopic (exact) mass is 393 g/mol. The van der Waals surface area contributed by atoms with Gasteiger partial charge in [0.25, 0.3) is 5.91 Å². The maximum absolute atomic E-state index is 12.5. The summed E-state index contributed by atoms with van der Waals surface area (Å²) in [6.07, 6.45) is 0.523. The zero-order valence-corrected chi connectivity index (χ0v) is 15.9. The molecule has 0 atom stereocenters. The van der Waals surface area contributed by atoms with Gasteiger partial charge in [0.2, 0.25) is 0 Å². The molecule has 2 rings (SSSR count). The van der Waals surface area contributed by atoms with E-state index in [0.29, 0.717) is 35.1 Å². The molecule has 138 valence electrons. The lowest BCUT2D eigenvalue weighted by Gasteiger charge is -2.11. The highest BCUT2D eigenvalue weighted by molar-refractivity contribution is 7.99. The standard InChI is InChI=1S/C19H20ClNO4S/c1-2-26-17-12-13(20)5-10-16(17)19(24)21-14-6-8-15(9-7-14)25-11-3-4-18(22)23/h5-10,12H,2-4,11H2,1H3,(H,21,24)(H,22,23). The van der Waals surface area contributed by atoms with Crippen LogP contribution in [-0.2, 0) is 4.79 Å². The van der Waals surface area contributed by atoms with Gasteiger partial charge in [-0.3, -0.25) is 9.59 Å². The van der Waals surface area contributed by atoms with E-state index in [1.165, 1.54) is 0 Å². The van der Waals surface area contributed by atoms with Gasteiger partial charge >= 0.3 is 5.97 Å². The summed E-state index contributed by atoms with van der Waals surface area (Å²) < 4.78 is 5.47. The number of carbonyl (C=O) groups excluding carboxylic acids is 1. The van der Waals surface area contributed by atoms with E-state index in [4.69, 9.17) is 21.4 Å². The molecule has 5 nitrogen and oxygen atoms in total. The van der Waals surface area contributed by atoms with Gasteiger partial charge in [-0.1, -0.05) is 18.5 Å². The number of carboxylic acid groups (broad SMARTS) is 1. The number of amides is 1. The number of carboxylic acids is 1. The number of nitrogens with one attached hydrogen (secondary N) is 1. The Kier molecular flexibility index (Phi) is 7.81. The van der Waals surface area contributed by atoms with Crippen molar-refractivity contribution in [3.63, 3.8) is 0 Å². The highest BCUT2D eigenvalue weighted by Gasteiger charge is 2.12. The zero-order chi connectivity index (χ0) is 18.9. The second-order valence-corrected chi connectivity index (χ2v) is 7.14. The third kappa shape index (κ3) is 6.28. The minimum atomic E-state index is -0.838. The summed E-state index contributed by atoms with van der Waals surface area (Å²) >= 11 is 7.58. The molecule has 0 fully saturated rings. The van der Waals surface area contributed by atoms with Gasteiger partial charge in [-0.05, 0) is 54.6 Å². The molecule has 0 heterocycles. The minimum Gasteiger partial charge on any atom is -0.494 e. The molecule has 0 aliphatic carbocycles. The fourth-order valence-electron chi connectivity index (χ4n) is 2.21. The second-order valence-electron chi connectivity index (χ2n) is 5.40. The summed E-state index contributed by atoms with van der Waals surface area (Å²) in [5.74, 6) is 0.429. The lowest BCUT2D eigenvalue weighted by molar-refractivity contribution is -0.137. The van der Waals surface area contributed by atoms with Crippen molar-refractivity contribution >= 4 is 40.9 Å². The average molecular weight is 394 g/mol. The van der Waals surface area contributed by atoms with Crippen molar-refractivity contribution in [2.24, 2.45) is 0 Å². The summed E-state index contributed by atoms with van der Waals surface area (Å²) in [5, 5.41) is 12.0. The summed E-state index contributed by atoms with van der Waals surface area (Å²) in [5.41, 5.74) is 1.23. The molecule has 0 aliphatic heterocycles. The van der Waals surface area contributed by atoms with Crippen LogP contribution in [0.5, 0.6) is 5.75 Å². The number of anilines is 1. The van der Waals surface area contributed by atoms with Crippen molar-refractivity contribution in [1.82, 2.24) is 0 Å². The largest absolute Gasteiger partial charge is 0.494 e. The summed E-state index contributed by atoms with van der Waals surface area (Å²) in [7, 11) is 0. The van der Waals surface area contributed by atoms with Crippen LogP contribution in [0.25, 0.3) is 0 Å². The summed E-state index contributed by atoms with van der Waals surface area (Å²) in [4.78, 5) is 23.8. The quantitative estimate of drug-likeness (QED) is 0.465. The molecule has 2 aromatic carbocycles. The van der Waals surface area contributed by atoms with Gasteiger partial charge in [-0.2, -0.15) is 0 Å². The molecule has 2 aromatic rings. The lowest BCUT2D eigenvalue weighted by Crippen LogP contribution is -2.13. The van der Waals surface area contributed by atoms with Crippen LogP contribution in [0.1, 0.15) is 30.1 Å². The van der Waals surface area contributed by atoms with Crippen LogP contribution in [-0.4, -0.2) is 29.3 Å². The molecule has 0 aliphatic rings. The first kappa shape index (κ1) is 20.1. The highest BCUT2D eigenvalue weighted by Crippen LogP contribution is 2.27. The number of hydrogen-bond donors (Lipinski definition) is 2. The van der Waals surface area contributed by atoms with E-state index < -0.39 is 5.97 Å². The maximum Gasteiger partial charge on any atom is 0.303 e. The SMILES string of the molecule is CCSc1cc(Cl)ccc1C(=O)Nc1ccc(OCCCC(=O)O)cc1. The lowest BCUT2D eigenvalue weighted by atomic mass is 10.2. The molecule has 0 aromatic heterocycles. The van der Waals surface area contributed by atoms with Gasteiger partial charge in [-0.15, -0.1) is 11.8 Å². The highest BCUT2D eigenvalue weighted by atomic mass is 35.5. The Bertz CT molecular complexity index is 765. The predicted molar refractivity (Wildman–Crippen MR) is 105 cm³/mol. The van der Waals surface area contributed by atoms with E-state index in [1.54, 1.807) is 54.2 Å². The van der Waals surface area contributed by atoms with Crippen LogP contribution in [0, 0.1) is 0 Å². The Balaban J connectivity index is 1.96. The zero-order valence-electron chi connectivity index (χ0n) is 14.3. The van der Waals surface area contributed by atoms with Crippen molar-refractivity contribution in [2.75, 3.05) is 17.7 Å². The van der Waals surface area contributed by atoms with E-state index >= 15 is 0 Å². The number of hydrogen-bond acceptors (Lipinski definition) is 4. The Morgan fingerprint density at radius 3 is 2.58 bits per heavy atom. The average Bonchev–Trinajstić information content (AvgIpc) is 2.60. The minimum absolute atomic E-state index is 0.0767. The first-order valence-electron chi connectivity index (χ1n) is 8.18. The van der Waals surface area contributed by atoms with Crippen LogP contribution >= 0.6 is 23.4 Å². The molecule has 0 unspecified atom stereocenters. The van der Waals surface area contributed by atoms with E-state index in [1.807, 2.05) is 6.92 Å². The van der Waals surface area contributed by atoms with Crippen molar-refractivity contribution in [3.05, 3.63) is 53.1 Å². The Morgan fingerprint density at radius 2 is 1.92 bits per heavy atom. The molecule has 0 saturated heterocycles. The number of benzene rings is 2. The number of carbonyl (C=O) groups is 2. The molecule has 0 bridgehead atoms. The molecule has 2 N–H and O–H groups in total. The van der Waals surface area contributed by atoms with Crippen LogP contribution < -0.4 is 10.1 Å². The fraction of sp³-hybridized carbons (Fsp3) is 0.263. The van der Waals surface area contributed by atoms with Gasteiger partial charge < -0.3 is 15.2 Å². The van der Waals surface area contributed by atoms with E-state index in [0.717, 1.165) is 10.6 Å². The van der Waals surface area contributed by atoms with Gasteiger partial charge in [0.1, 0.15) is 5.75 Å². The molecule has 1 amide bonds. The van der Waals surface area contributed by atoms with Crippen molar-refractivity contribution in [2.45, 2.75) is 24.7 Å². The number of halogens is 1. The smallest absolute Gasteiger partial charge is 0.303 e. The third-order valence-corrected chi connectivity index (χ3v) is 4.58. The molecular formula is C19H20ClNO4S. The van der Waals surface area contributed by atoms with Crippen LogP contribution in [0.2, 0.25) is 5.02 Å². The van der Waals surface area contributed by atoms with Gasteiger partial charge in [0.15, 0.2) is 0 Å². The van der Waals surface area contributed by atoms with Gasteiger partial charge in [-0.25, -0.2) is 0 Å². The van der Waals surface area contributed by atoms with E-state index in [9.17, 15) is 9.59 Å². The molecule has 7 heteroatoms. The van der Waals surface area contributed by atoms with E-state index in [2.05, 4.69) is 5.32 Å². The number of thioether (sulfide) groups is 1. The number of ether oxygens (including phenoxy) is 1. The van der Waals surface area contributed by atoms with Crippen LogP contribution in [0.3, 0.4) is 0 Å². The van der Waals surface area contributed by atoms with Crippen molar-refractivity contribution in [3.8, 4) is 5.75 Å². The van der Waals surface area contributed by atoms with Crippen LogP contribution in [0.15, 0.2) is 47.4 Å². The number of rotatable bonds is 9. The van der Waals surface area contributed by atoms with Crippen LogP contribution in [0.4, 0.5) is 5.69 Å². The third-order valence-electron chi connectivity index (χ3n) is 3.40. The molecule has 26 heavy (non-hydrogen) atoms. The summed E-state index contributed by atoms with van der Waals surface area (Å²) in [6.45, 7) is 2.35. The van der Waals surface area contributed by atoms with Gasteiger partial charge in [0.05, 0.1) is 12.2 Å². The maximum atomic E-state index is 12.5. The topological polar surface area (TPSA) is 75.6 Å².